The Labute approximate surface area is 184 Å². The lowest BCUT2D eigenvalue weighted by atomic mass is 9.91. The molecule has 6 heteroatoms. The molecule has 2 aromatic carbocycles. The van der Waals surface area contributed by atoms with Gasteiger partial charge in [-0.25, -0.2) is 0 Å². The van der Waals surface area contributed by atoms with Crippen molar-refractivity contribution < 1.29 is 19.1 Å². The second kappa shape index (κ2) is 10.8. The summed E-state index contributed by atoms with van der Waals surface area (Å²) in [5.74, 6) is 2.06. The summed E-state index contributed by atoms with van der Waals surface area (Å²) in [7, 11) is 3.23. The first-order valence-electron chi connectivity index (χ1n) is 10.8. The molecular formula is C25H32N2O4. The lowest BCUT2D eigenvalue weighted by Gasteiger charge is -2.32. The summed E-state index contributed by atoms with van der Waals surface area (Å²) in [5.41, 5.74) is 2.79. The molecule has 2 amide bonds. The van der Waals surface area contributed by atoms with Gasteiger partial charge in [-0.05, 0) is 62.4 Å². The van der Waals surface area contributed by atoms with Crippen molar-refractivity contribution in [3.05, 3.63) is 59.2 Å². The fourth-order valence-corrected chi connectivity index (χ4v) is 3.94. The Balaban J connectivity index is 1.41. The van der Waals surface area contributed by atoms with Gasteiger partial charge < -0.3 is 19.7 Å². The number of rotatable bonds is 8. The Morgan fingerprint density at radius 2 is 1.74 bits per heavy atom. The van der Waals surface area contributed by atoms with Gasteiger partial charge in [0.1, 0.15) is 11.5 Å². The van der Waals surface area contributed by atoms with Crippen molar-refractivity contribution in [3.8, 4) is 11.5 Å². The molecule has 0 atom stereocenters. The topological polar surface area (TPSA) is 67.9 Å². The van der Waals surface area contributed by atoms with E-state index in [9.17, 15) is 9.59 Å². The van der Waals surface area contributed by atoms with Crippen LogP contribution in [0.5, 0.6) is 11.5 Å². The Bertz CT molecular complexity index is 887. The van der Waals surface area contributed by atoms with Crippen LogP contribution in [-0.2, 0) is 11.3 Å². The summed E-state index contributed by atoms with van der Waals surface area (Å²) < 4.78 is 10.6. The van der Waals surface area contributed by atoms with E-state index in [-0.39, 0.29) is 11.8 Å². The Morgan fingerprint density at radius 1 is 1.03 bits per heavy atom. The molecule has 1 aliphatic rings. The fourth-order valence-electron chi connectivity index (χ4n) is 3.94. The zero-order valence-electron chi connectivity index (χ0n) is 18.6. The monoisotopic (exact) mass is 424 g/mol. The predicted octanol–water partition coefficient (Wildman–Crippen LogP) is 3.96. The van der Waals surface area contributed by atoms with Crippen LogP contribution in [0.4, 0.5) is 0 Å². The SMILES string of the molecule is COc1ccc(OC)c(CNC(=O)CCC2CCN(C(=O)c3ccc(C)cc3)CC2)c1. The highest BCUT2D eigenvalue weighted by Crippen LogP contribution is 2.25. The summed E-state index contributed by atoms with van der Waals surface area (Å²) in [6.07, 6.45) is 3.21. The van der Waals surface area contributed by atoms with E-state index < -0.39 is 0 Å². The smallest absolute Gasteiger partial charge is 0.253 e. The number of aryl methyl sites for hydroxylation is 1. The predicted molar refractivity (Wildman–Crippen MR) is 120 cm³/mol. The van der Waals surface area contributed by atoms with E-state index in [0.29, 0.717) is 18.9 Å². The summed E-state index contributed by atoms with van der Waals surface area (Å²) in [4.78, 5) is 26.9. The summed E-state index contributed by atoms with van der Waals surface area (Å²) >= 11 is 0. The minimum absolute atomic E-state index is 0.0306. The summed E-state index contributed by atoms with van der Waals surface area (Å²) in [6.45, 7) is 3.92. The third-order valence-electron chi connectivity index (χ3n) is 5.94. The molecule has 1 heterocycles. The summed E-state index contributed by atoms with van der Waals surface area (Å²) in [6, 6.07) is 13.3. The number of amides is 2. The second-order valence-corrected chi connectivity index (χ2v) is 8.09. The zero-order chi connectivity index (χ0) is 22.2. The van der Waals surface area contributed by atoms with Crippen molar-refractivity contribution in [3.63, 3.8) is 0 Å². The molecule has 0 unspecified atom stereocenters. The van der Waals surface area contributed by atoms with E-state index in [0.717, 1.165) is 60.5 Å². The summed E-state index contributed by atoms with van der Waals surface area (Å²) in [5, 5.41) is 2.98. The Kier molecular flexibility index (Phi) is 7.93. The quantitative estimate of drug-likeness (QED) is 0.697. The lowest BCUT2D eigenvalue weighted by Crippen LogP contribution is -2.38. The first kappa shape index (κ1) is 22.7. The molecule has 31 heavy (non-hydrogen) atoms. The van der Waals surface area contributed by atoms with Gasteiger partial charge in [0.15, 0.2) is 0 Å². The van der Waals surface area contributed by atoms with Crippen LogP contribution in [0.25, 0.3) is 0 Å². The number of methoxy groups -OCH3 is 2. The molecule has 1 aliphatic heterocycles. The van der Waals surface area contributed by atoms with Crippen LogP contribution < -0.4 is 14.8 Å². The van der Waals surface area contributed by atoms with E-state index in [2.05, 4.69) is 5.32 Å². The maximum absolute atomic E-state index is 12.6. The van der Waals surface area contributed by atoms with E-state index in [1.165, 1.54) is 0 Å². The van der Waals surface area contributed by atoms with Crippen molar-refractivity contribution >= 4 is 11.8 Å². The molecule has 3 rings (SSSR count). The highest BCUT2D eigenvalue weighted by molar-refractivity contribution is 5.94. The van der Waals surface area contributed by atoms with Crippen LogP contribution in [0.1, 0.15) is 47.2 Å². The number of carbonyl (C=O) groups is 2. The van der Waals surface area contributed by atoms with Gasteiger partial charge >= 0.3 is 0 Å². The molecule has 2 aromatic rings. The van der Waals surface area contributed by atoms with Crippen molar-refractivity contribution in [1.29, 1.82) is 0 Å². The van der Waals surface area contributed by atoms with Crippen LogP contribution in [0.2, 0.25) is 0 Å². The van der Waals surface area contributed by atoms with Crippen LogP contribution in [-0.4, -0.2) is 44.0 Å². The number of nitrogens with zero attached hydrogens (tertiary/aromatic N) is 1. The van der Waals surface area contributed by atoms with Crippen LogP contribution in [0.15, 0.2) is 42.5 Å². The van der Waals surface area contributed by atoms with Gasteiger partial charge in [0.05, 0.1) is 14.2 Å². The molecule has 0 saturated carbocycles. The van der Waals surface area contributed by atoms with Gasteiger partial charge in [-0.1, -0.05) is 17.7 Å². The fraction of sp³-hybridized carbons (Fsp3) is 0.440. The Hall–Kier alpha value is -3.02. The van der Waals surface area contributed by atoms with Gasteiger partial charge in [0.25, 0.3) is 5.91 Å². The molecule has 0 bridgehead atoms. The number of carbonyl (C=O) groups excluding carboxylic acids is 2. The number of hydrogen-bond donors (Lipinski definition) is 1. The maximum atomic E-state index is 12.6. The van der Waals surface area contributed by atoms with Gasteiger partial charge in [0, 0.05) is 37.2 Å². The minimum atomic E-state index is 0.0306. The maximum Gasteiger partial charge on any atom is 0.253 e. The molecule has 1 N–H and O–H groups in total. The molecular weight excluding hydrogens is 392 g/mol. The van der Waals surface area contributed by atoms with Gasteiger partial charge in [0.2, 0.25) is 5.91 Å². The molecule has 0 aromatic heterocycles. The van der Waals surface area contributed by atoms with Crippen molar-refractivity contribution in [2.45, 2.75) is 39.2 Å². The molecule has 0 aliphatic carbocycles. The average molecular weight is 425 g/mol. The molecule has 6 nitrogen and oxygen atoms in total. The van der Waals surface area contributed by atoms with Crippen molar-refractivity contribution in [2.24, 2.45) is 5.92 Å². The third-order valence-corrected chi connectivity index (χ3v) is 5.94. The molecule has 1 saturated heterocycles. The first-order valence-corrected chi connectivity index (χ1v) is 10.8. The number of benzene rings is 2. The van der Waals surface area contributed by atoms with Crippen LogP contribution in [0, 0.1) is 12.8 Å². The molecule has 0 spiro atoms. The van der Waals surface area contributed by atoms with Crippen LogP contribution >= 0.6 is 0 Å². The molecule has 1 fully saturated rings. The van der Waals surface area contributed by atoms with Gasteiger partial charge in [-0.2, -0.15) is 0 Å². The number of likely N-dealkylation sites (tertiary alicyclic amines) is 1. The second-order valence-electron chi connectivity index (χ2n) is 8.09. The number of hydrogen-bond acceptors (Lipinski definition) is 4. The largest absolute Gasteiger partial charge is 0.497 e. The molecule has 166 valence electrons. The van der Waals surface area contributed by atoms with E-state index in [4.69, 9.17) is 9.47 Å². The highest BCUT2D eigenvalue weighted by atomic mass is 16.5. The molecule has 0 radical (unpaired) electrons. The van der Waals surface area contributed by atoms with Crippen molar-refractivity contribution in [1.82, 2.24) is 10.2 Å². The van der Waals surface area contributed by atoms with E-state index in [1.54, 1.807) is 14.2 Å². The van der Waals surface area contributed by atoms with Gasteiger partial charge in [-0.15, -0.1) is 0 Å². The normalized spacial score (nSPS) is 14.2. The minimum Gasteiger partial charge on any atom is -0.497 e. The van der Waals surface area contributed by atoms with Crippen molar-refractivity contribution in [2.75, 3.05) is 27.3 Å². The number of ether oxygens (including phenoxy) is 2. The first-order chi connectivity index (χ1) is 15.0. The highest BCUT2D eigenvalue weighted by Gasteiger charge is 2.24. The van der Waals surface area contributed by atoms with Gasteiger partial charge in [-0.3, -0.25) is 9.59 Å². The lowest BCUT2D eigenvalue weighted by molar-refractivity contribution is -0.121. The van der Waals surface area contributed by atoms with E-state index in [1.807, 2.05) is 54.3 Å². The number of piperidine rings is 1. The third kappa shape index (κ3) is 6.23. The van der Waals surface area contributed by atoms with Crippen LogP contribution in [0.3, 0.4) is 0 Å². The zero-order valence-corrected chi connectivity index (χ0v) is 18.6. The number of nitrogens with one attached hydrogen (secondary N) is 1. The van der Waals surface area contributed by atoms with E-state index >= 15 is 0 Å². The standard InChI is InChI=1S/C25H32N2O4/c1-18-4-7-20(8-5-18)25(29)27-14-12-19(13-15-27)6-11-24(28)26-17-21-16-22(30-2)9-10-23(21)31-3/h4-5,7-10,16,19H,6,11-15,17H2,1-3H3,(H,26,28). The Morgan fingerprint density at radius 3 is 2.39 bits per heavy atom. The average Bonchev–Trinajstić information content (AvgIpc) is 2.81.